The van der Waals surface area contributed by atoms with Gasteiger partial charge in [-0.15, -0.1) is 11.3 Å². The molecule has 4 aromatic rings. The fourth-order valence-electron chi connectivity index (χ4n) is 8.01. The van der Waals surface area contributed by atoms with E-state index in [1.54, 1.807) is 29.1 Å². The van der Waals surface area contributed by atoms with Crippen LogP contribution >= 0.6 is 11.3 Å². The van der Waals surface area contributed by atoms with E-state index < -0.39 is 0 Å². The number of amides is 1. The zero-order valence-corrected chi connectivity index (χ0v) is 28.2. The third kappa shape index (κ3) is 5.62. The molecular weight excluding hydrogens is 607 g/mol. The number of hydrogen-bond donors (Lipinski definition) is 1. The van der Waals surface area contributed by atoms with Crippen LogP contribution in [0.15, 0.2) is 53.5 Å². The molecule has 8 nitrogen and oxygen atoms in total. The van der Waals surface area contributed by atoms with Crippen molar-refractivity contribution in [3.8, 4) is 11.3 Å². The Morgan fingerprint density at radius 3 is 2.49 bits per heavy atom. The predicted octanol–water partition coefficient (Wildman–Crippen LogP) is 6.47. The van der Waals surface area contributed by atoms with Crippen molar-refractivity contribution >= 4 is 34.4 Å². The summed E-state index contributed by atoms with van der Waals surface area (Å²) in [4.78, 5) is 39.0. The first kappa shape index (κ1) is 30.5. The first-order valence-electron chi connectivity index (χ1n) is 17.3. The molecule has 0 radical (unpaired) electrons. The highest BCUT2D eigenvalue weighted by Crippen LogP contribution is 2.40. The average Bonchev–Trinajstić information content (AvgIpc) is 3.46. The van der Waals surface area contributed by atoms with E-state index in [-0.39, 0.29) is 11.5 Å². The van der Waals surface area contributed by atoms with Crippen molar-refractivity contribution in [2.45, 2.75) is 70.3 Å². The van der Waals surface area contributed by atoms with E-state index >= 15 is 0 Å². The molecule has 3 aliphatic heterocycles. The van der Waals surface area contributed by atoms with E-state index in [1.807, 2.05) is 11.0 Å². The van der Waals surface area contributed by atoms with Gasteiger partial charge >= 0.3 is 0 Å². The van der Waals surface area contributed by atoms with Gasteiger partial charge in [0.15, 0.2) is 5.82 Å². The lowest BCUT2D eigenvalue weighted by molar-refractivity contribution is -0.0712. The summed E-state index contributed by atoms with van der Waals surface area (Å²) in [6.07, 6.45) is 10.4. The molecule has 9 heteroatoms. The standard InChI is InChI=1S/C38H43N5O3S/c1-3-28-29(8-6-9-33(28)43-20-17-31-30-7-4-5-10-34(30)47-35(31)37(43)44)32-21-41(2)38(45)36(40-32)39-26-13-11-24(12-14-26)25-15-18-42(19-16-25)27-22-46-23-27/h6,8-9,11-14,21,25,27H,3-5,7,10,15-20,22-23H2,1-2H3,(H,39,40). The van der Waals surface area contributed by atoms with Gasteiger partial charge in [-0.1, -0.05) is 31.2 Å². The molecule has 2 fully saturated rings. The first-order valence-corrected chi connectivity index (χ1v) is 18.1. The van der Waals surface area contributed by atoms with Gasteiger partial charge in [0.2, 0.25) is 0 Å². The van der Waals surface area contributed by atoms with Gasteiger partial charge in [0.1, 0.15) is 0 Å². The molecule has 47 heavy (non-hydrogen) atoms. The summed E-state index contributed by atoms with van der Waals surface area (Å²) in [6.45, 7) is 6.80. The molecule has 8 rings (SSSR count). The van der Waals surface area contributed by atoms with Gasteiger partial charge in [-0.05, 0) is 111 Å². The second kappa shape index (κ2) is 12.7. The second-order valence-corrected chi connectivity index (χ2v) is 14.6. The first-order chi connectivity index (χ1) is 23.0. The fraction of sp³-hybridized carbons (Fsp3) is 0.447. The number of carbonyl (C=O) groups excluding carboxylic acids is 1. The normalized spacial score (nSPS) is 18.9. The number of aryl methyl sites for hydroxylation is 2. The van der Waals surface area contributed by atoms with Gasteiger partial charge in [-0.2, -0.15) is 0 Å². The lowest BCUT2D eigenvalue weighted by Crippen LogP contribution is -2.51. The average molecular weight is 650 g/mol. The van der Waals surface area contributed by atoms with Crippen LogP contribution in [0.25, 0.3) is 11.3 Å². The largest absolute Gasteiger partial charge is 0.378 e. The van der Waals surface area contributed by atoms with Crippen LogP contribution in [-0.4, -0.2) is 59.2 Å². The molecule has 2 saturated heterocycles. The van der Waals surface area contributed by atoms with Crippen molar-refractivity contribution < 1.29 is 9.53 Å². The summed E-state index contributed by atoms with van der Waals surface area (Å²) in [7, 11) is 1.77. The quantitative estimate of drug-likeness (QED) is 0.247. The minimum Gasteiger partial charge on any atom is -0.378 e. The molecule has 0 unspecified atom stereocenters. The van der Waals surface area contributed by atoms with Gasteiger partial charge < -0.3 is 19.5 Å². The van der Waals surface area contributed by atoms with Crippen LogP contribution in [0.3, 0.4) is 0 Å². The Hall–Kier alpha value is -3.79. The number of benzene rings is 2. The summed E-state index contributed by atoms with van der Waals surface area (Å²) in [5.41, 5.74) is 8.45. The monoisotopic (exact) mass is 649 g/mol. The van der Waals surface area contributed by atoms with Crippen LogP contribution in [0, 0.1) is 0 Å². The van der Waals surface area contributed by atoms with E-state index in [4.69, 9.17) is 9.72 Å². The minimum absolute atomic E-state index is 0.121. The molecule has 0 spiro atoms. The maximum Gasteiger partial charge on any atom is 0.293 e. The van der Waals surface area contributed by atoms with E-state index in [0.717, 1.165) is 92.2 Å². The number of piperidine rings is 1. The minimum atomic E-state index is -0.181. The number of fused-ring (bicyclic) bond motifs is 3. The Kier molecular flexibility index (Phi) is 8.23. The van der Waals surface area contributed by atoms with Crippen LogP contribution in [0.2, 0.25) is 0 Å². The Balaban J connectivity index is 1.04. The Morgan fingerprint density at radius 2 is 1.74 bits per heavy atom. The van der Waals surface area contributed by atoms with E-state index in [2.05, 4.69) is 53.5 Å². The van der Waals surface area contributed by atoms with Crippen molar-refractivity contribution in [3.05, 3.63) is 91.0 Å². The molecular formula is C38H43N5O3S. The van der Waals surface area contributed by atoms with Crippen LogP contribution < -0.4 is 15.8 Å². The van der Waals surface area contributed by atoms with Crippen molar-refractivity contribution in [3.63, 3.8) is 0 Å². The van der Waals surface area contributed by atoms with Crippen molar-refractivity contribution in [1.29, 1.82) is 0 Å². The number of ether oxygens (including phenoxy) is 1. The van der Waals surface area contributed by atoms with Crippen molar-refractivity contribution in [1.82, 2.24) is 14.5 Å². The van der Waals surface area contributed by atoms with Crippen LogP contribution in [-0.2, 0) is 37.5 Å². The fourth-order valence-corrected chi connectivity index (χ4v) is 9.40. The molecule has 0 saturated carbocycles. The highest BCUT2D eigenvalue weighted by Gasteiger charge is 2.33. The molecule has 5 heterocycles. The lowest BCUT2D eigenvalue weighted by Gasteiger charge is -2.41. The van der Waals surface area contributed by atoms with E-state index in [0.29, 0.717) is 30.0 Å². The number of aromatic nitrogens is 2. The summed E-state index contributed by atoms with van der Waals surface area (Å²) in [5, 5.41) is 3.32. The highest BCUT2D eigenvalue weighted by atomic mass is 32.1. The number of thiophene rings is 1. The van der Waals surface area contributed by atoms with Crippen LogP contribution in [0.1, 0.15) is 75.3 Å². The van der Waals surface area contributed by atoms with Gasteiger partial charge in [-0.25, -0.2) is 4.98 Å². The molecule has 1 amide bonds. The molecule has 2 aromatic heterocycles. The summed E-state index contributed by atoms with van der Waals surface area (Å²) >= 11 is 1.72. The Morgan fingerprint density at radius 1 is 0.957 bits per heavy atom. The van der Waals surface area contributed by atoms with Gasteiger partial charge in [0, 0.05) is 41.6 Å². The smallest absolute Gasteiger partial charge is 0.293 e. The number of carbonyl (C=O) groups is 1. The highest BCUT2D eigenvalue weighted by molar-refractivity contribution is 7.14. The van der Waals surface area contributed by atoms with E-state index in [1.165, 1.54) is 34.4 Å². The molecule has 244 valence electrons. The van der Waals surface area contributed by atoms with Gasteiger partial charge in [0.25, 0.3) is 11.5 Å². The predicted molar refractivity (Wildman–Crippen MR) is 189 cm³/mol. The second-order valence-electron chi connectivity index (χ2n) is 13.5. The molecule has 1 aliphatic carbocycles. The van der Waals surface area contributed by atoms with E-state index in [9.17, 15) is 9.59 Å². The summed E-state index contributed by atoms with van der Waals surface area (Å²) in [5.74, 6) is 0.971. The molecule has 0 bridgehead atoms. The zero-order valence-electron chi connectivity index (χ0n) is 27.4. The molecule has 4 aliphatic rings. The van der Waals surface area contributed by atoms with Crippen molar-refractivity contribution in [2.75, 3.05) is 43.1 Å². The summed E-state index contributed by atoms with van der Waals surface area (Å²) in [6, 6.07) is 15.2. The summed E-state index contributed by atoms with van der Waals surface area (Å²) < 4.78 is 6.98. The number of rotatable bonds is 7. The molecule has 2 aromatic carbocycles. The third-order valence-electron chi connectivity index (χ3n) is 10.8. The zero-order chi connectivity index (χ0) is 32.1. The maximum absolute atomic E-state index is 13.9. The third-order valence-corrected chi connectivity index (χ3v) is 12.1. The van der Waals surface area contributed by atoms with Crippen molar-refractivity contribution in [2.24, 2.45) is 7.05 Å². The Labute approximate surface area is 280 Å². The lowest BCUT2D eigenvalue weighted by atomic mass is 9.88. The number of nitrogens with zero attached hydrogens (tertiary/aromatic N) is 4. The maximum atomic E-state index is 13.9. The number of likely N-dealkylation sites (tertiary alicyclic amines) is 1. The van der Waals surface area contributed by atoms with Crippen LogP contribution in [0.5, 0.6) is 0 Å². The number of hydrogen-bond acceptors (Lipinski definition) is 7. The molecule has 1 N–H and O–H groups in total. The SMILES string of the molecule is CCc1c(-c2cn(C)c(=O)c(Nc3ccc(C4CCN(C5COC5)CC4)cc3)n2)cccc1N1CCc2c(sc3c2CCCC3)C1=O. The number of anilines is 3. The molecule has 0 atom stereocenters. The Bertz CT molecular complexity index is 1870. The van der Waals surface area contributed by atoms with Crippen LogP contribution in [0.4, 0.5) is 17.2 Å². The van der Waals surface area contributed by atoms with Gasteiger partial charge in [0.05, 0.1) is 29.8 Å². The number of nitrogens with one attached hydrogen (secondary N) is 1. The topological polar surface area (TPSA) is 79.7 Å². The van der Waals surface area contributed by atoms with Gasteiger partial charge in [-0.3, -0.25) is 14.5 Å².